The SMILES string of the molecule is Cc1ncc(CC(O)O)o1. The van der Waals surface area contributed by atoms with Gasteiger partial charge in [0.2, 0.25) is 0 Å². The first-order chi connectivity index (χ1) is 4.68. The smallest absolute Gasteiger partial charge is 0.191 e. The van der Waals surface area contributed by atoms with Crippen LogP contribution in [0, 0.1) is 6.92 Å². The molecule has 4 nitrogen and oxygen atoms in total. The quantitative estimate of drug-likeness (QED) is 0.564. The van der Waals surface area contributed by atoms with Crippen LogP contribution in [0.2, 0.25) is 0 Å². The molecule has 1 heterocycles. The molecule has 0 aliphatic heterocycles. The maximum atomic E-state index is 8.48. The van der Waals surface area contributed by atoms with E-state index in [9.17, 15) is 0 Å². The van der Waals surface area contributed by atoms with Crippen molar-refractivity contribution in [2.75, 3.05) is 0 Å². The molecule has 2 N–H and O–H groups in total. The topological polar surface area (TPSA) is 66.5 Å². The first-order valence-corrected chi connectivity index (χ1v) is 2.96. The first kappa shape index (κ1) is 7.24. The molecule has 1 aromatic rings. The molecular weight excluding hydrogens is 134 g/mol. The molecule has 1 rings (SSSR count). The zero-order chi connectivity index (χ0) is 7.56. The monoisotopic (exact) mass is 143 g/mol. The maximum absolute atomic E-state index is 8.48. The molecular formula is C6H9NO3. The number of nitrogens with zero attached hydrogens (tertiary/aromatic N) is 1. The van der Waals surface area contributed by atoms with Gasteiger partial charge in [0.25, 0.3) is 0 Å². The van der Waals surface area contributed by atoms with Gasteiger partial charge in [-0.25, -0.2) is 4.98 Å². The van der Waals surface area contributed by atoms with E-state index < -0.39 is 6.29 Å². The lowest BCUT2D eigenvalue weighted by Gasteiger charge is -1.96. The summed E-state index contributed by atoms with van der Waals surface area (Å²) in [6.45, 7) is 1.70. The Morgan fingerprint density at radius 2 is 2.40 bits per heavy atom. The van der Waals surface area contributed by atoms with Gasteiger partial charge in [0.1, 0.15) is 5.76 Å². The van der Waals surface area contributed by atoms with Crippen molar-refractivity contribution in [1.82, 2.24) is 4.98 Å². The number of oxazole rings is 1. The maximum Gasteiger partial charge on any atom is 0.191 e. The van der Waals surface area contributed by atoms with Gasteiger partial charge in [0.15, 0.2) is 12.2 Å². The van der Waals surface area contributed by atoms with Crippen LogP contribution in [0.25, 0.3) is 0 Å². The third-order valence-corrected chi connectivity index (χ3v) is 1.05. The Labute approximate surface area is 58.1 Å². The fourth-order valence-corrected chi connectivity index (χ4v) is 0.680. The Morgan fingerprint density at radius 3 is 2.80 bits per heavy atom. The van der Waals surface area contributed by atoms with Gasteiger partial charge in [0, 0.05) is 6.92 Å². The highest BCUT2D eigenvalue weighted by molar-refractivity contribution is 4.93. The molecule has 0 saturated heterocycles. The normalized spacial score (nSPS) is 10.8. The summed E-state index contributed by atoms with van der Waals surface area (Å²) < 4.78 is 4.96. The summed E-state index contributed by atoms with van der Waals surface area (Å²) in [6.07, 6.45) is 0.225. The number of hydrogen-bond donors (Lipinski definition) is 2. The largest absolute Gasteiger partial charge is 0.446 e. The van der Waals surface area contributed by atoms with Crippen molar-refractivity contribution < 1.29 is 14.6 Å². The molecule has 0 aliphatic carbocycles. The van der Waals surface area contributed by atoms with Crippen LogP contribution in [0.5, 0.6) is 0 Å². The molecule has 4 heteroatoms. The molecule has 0 aliphatic rings. The number of aromatic nitrogens is 1. The summed E-state index contributed by atoms with van der Waals surface area (Å²) in [6, 6.07) is 0. The molecule has 0 unspecified atom stereocenters. The summed E-state index contributed by atoms with van der Waals surface area (Å²) in [5, 5.41) is 17.0. The summed E-state index contributed by atoms with van der Waals surface area (Å²) >= 11 is 0. The van der Waals surface area contributed by atoms with E-state index in [4.69, 9.17) is 14.6 Å². The first-order valence-electron chi connectivity index (χ1n) is 2.96. The second kappa shape index (κ2) is 2.81. The zero-order valence-corrected chi connectivity index (χ0v) is 5.61. The molecule has 1 aromatic heterocycles. The third-order valence-electron chi connectivity index (χ3n) is 1.05. The van der Waals surface area contributed by atoms with Gasteiger partial charge in [-0.1, -0.05) is 0 Å². The Hall–Kier alpha value is -0.870. The van der Waals surface area contributed by atoms with E-state index in [1.54, 1.807) is 6.92 Å². The standard InChI is InChI=1S/C6H9NO3/c1-4-7-3-5(10-4)2-6(8)9/h3,6,8-9H,2H2,1H3. The summed E-state index contributed by atoms with van der Waals surface area (Å²) in [7, 11) is 0. The van der Waals surface area contributed by atoms with Gasteiger partial charge >= 0.3 is 0 Å². The molecule has 0 bridgehead atoms. The van der Waals surface area contributed by atoms with Crippen molar-refractivity contribution in [3.05, 3.63) is 17.8 Å². The second-order valence-electron chi connectivity index (χ2n) is 2.03. The minimum Gasteiger partial charge on any atom is -0.446 e. The van der Waals surface area contributed by atoms with Gasteiger partial charge in [-0.05, 0) is 0 Å². The van der Waals surface area contributed by atoms with Crippen molar-refractivity contribution >= 4 is 0 Å². The van der Waals surface area contributed by atoms with Gasteiger partial charge in [-0.3, -0.25) is 0 Å². The average molecular weight is 143 g/mol. The highest BCUT2D eigenvalue weighted by Gasteiger charge is 2.03. The second-order valence-corrected chi connectivity index (χ2v) is 2.03. The van der Waals surface area contributed by atoms with Crippen LogP contribution in [0.4, 0.5) is 0 Å². The summed E-state index contributed by atoms with van der Waals surface area (Å²) in [4.78, 5) is 3.78. The lowest BCUT2D eigenvalue weighted by atomic mass is 10.3. The van der Waals surface area contributed by atoms with Crippen LogP contribution >= 0.6 is 0 Å². The van der Waals surface area contributed by atoms with Crippen LogP contribution in [0.15, 0.2) is 10.6 Å². The predicted octanol–water partition coefficient (Wildman–Crippen LogP) is -0.164. The van der Waals surface area contributed by atoms with Crippen molar-refractivity contribution in [2.24, 2.45) is 0 Å². The number of aliphatic hydroxyl groups is 2. The van der Waals surface area contributed by atoms with E-state index in [1.807, 2.05) is 0 Å². The van der Waals surface area contributed by atoms with E-state index >= 15 is 0 Å². The van der Waals surface area contributed by atoms with Crippen LogP contribution in [-0.4, -0.2) is 21.5 Å². The molecule has 0 atom stereocenters. The fraction of sp³-hybridized carbons (Fsp3) is 0.500. The van der Waals surface area contributed by atoms with Crippen molar-refractivity contribution in [1.29, 1.82) is 0 Å². The zero-order valence-electron chi connectivity index (χ0n) is 5.61. The van der Waals surface area contributed by atoms with E-state index in [0.29, 0.717) is 11.7 Å². The Kier molecular flexibility index (Phi) is 2.03. The van der Waals surface area contributed by atoms with Crippen LogP contribution < -0.4 is 0 Å². The average Bonchev–Trinajstić information content (AvgIpc) is 2.13. The molecule has 0 saturated carbocycles. The minimum atomic E-state index is -1.35. The molecule has 0 fully saturated rings. The lowest BCUT2D eigenvalue weighted by Crippen LogP contribution is -2.07. The molecule has 0 aromatic carbocycles. The number of rotatable bonds is 2. The Bertz CT molecular complexity index is 207. The predicted molar refractivity (Wildman–Crippen MR) is 33.2 cm³/mol. The Balaban J connectivity index is 2.58. The van der Waals surface area contributed by atoms with Gasteiger partial charge in [0.05, 0.1) is 12.6 Å². The lowest BCUT2D eigenvalue weighted by molar-refractivity contribution is -0.0413. The number of hydrogen-bond acceptors (Lipinski definition) is 4. The van der Waals surface area contributed by atoms with Gasteiger partial charge in [-0.15, -0.1) is 0 Å². The Morgan fingerprint density at radius 1 is 1.70 bits per heavy atom. The molecule has 10 heavy (non-hydrogen) atoms. The summed E-state index contributed by atoms with van der Waals surface area (Å²) in [5.74, 6) is 1.03. The molecule has 56 valence electrons. The fourth-order valence-electron chi connectivity index (χ4n) is 0.680. The minimum absolute atomic E-state index is 0.0981. The van der Waals surface area contributed by atoms with Crippen molar-refractivity contribution in [3.8, 4) is 0 Å². The number of aryl methyl sites for hydroxylation is 1. The summed E-state index contributed by atoms with van der Waals surface area (Å²) in [5.41, 5.74) is 0. The van der Waals surface area contributed by atoms with Crippen LogP contribution in [0.1, 0.15) is 11.7 Å². The van der Waals surface area contributed by atoms with E-state index in [1.165, 1.54) is 6.20 Å². The van der Waals surface area contributed by atoms with E-state index in [-0.39, 0.29) is 6.42 Å². The van der Waals surface area contributed by atoms with E-state index in [0.717, 1.165) is 0 Å². The molecule has 0 amide bonds. The van der Waals surface area contributed by atoms with Crippen molar-refractivity contribution in [3.63, 3.8) is 0 Å². The van der Waals surface area contributed by atoms with E-state index in [2.05, 4.69) is 4.98 Å². The molecule has 0 spiro atoms. The van der Waals surface area contributed by atoms with Crippen molar-refractivity contribution in [2.45, 2.75) is 19.6 Å². The highest BCUT2D eigenvalue weighted by Crippen LogP contribution is 2.03. The molecule has 0 radical (unpaired) electrons. The van der Waals surface area contributed by atoms with Crippen LogP contribution in [-0.2, 0) is 6.42 Å². The highest BCUT2D eigenvalue weighted by atomic mass is 16.5. The number of aliphatic hydroxyl groups excluding tert-OH is 1. The van der Waals surface area contributed by atoms with Crippen LogP contribution in [0.3, 0.4) is 0 Å². The van der Waals surface area contributed by atoms with Gasteiger partial charge in [-0.2, -0.15) is 0 Å². The van der Waals surface area contributed by atoms with Gasteiger partial charge < -0.3 is 14.6 Å². The third kappa shape index (κ3) is 1.82.